The van der Waals surface area contributed by atoms with Crippen molar-refractivity contribution in [2.45, 2.75) is 19.8 Å². The summed E-state index contributed by atoms with van der Waals surface area (Å²) in [7, 11) is 0. The van der Waals surface area contributed by atoms with Gasteiger partial charge in [-0.1, -0.05) is 49.5 Å². The van der Waals surface area contributed by atoms with Gasteiger partial charge in [0.1, 0.15) is 17.7 Å². The molecule has 0 radical (unpaired) electrons. The van der Waals surface area contributed by atoms with Gasteiger partial charge in [0.15, 0.2) is 0 Å². The lowest BCUT2D eigenvalue weighted by Gasteiger charge is -2.03. The van der Waals surface area contributed by atoms with E-state index in [-0.39, 0.29) is 11.4 Å². The van der Waals surface area contributed by atoms with E-state index in [0.29, 0.717) is 21.9 Å². The maximum atomic E-state index is 14.3. The zero-order valence-corrected chi connectivity index (χ0v) is 13.7. The van der Waals surface area contributed by atoms with Crippen LogP contribution in [0.3, 0.4) is 0 Å². The molecule has 0 amide bonds. The summed E-state index contributed by atoms with van der Waals surface area (Å²) in [6.07, 6.45) is 1.78. The molecule has 0 saturated heterocycles. The number of halogens is 2. The van der Waals surface area contributed by atoms with Gasteiger partial charge in [0.25, 0.3) is 0 Å². The van der Waals surface area contributed by atoms with Crippen LogP contribution in [-0.2, 0) is 6.42 Å². The van der Waals surface area contributed by atoms with E-state index in [0.717, 1.165) is 18.4 Å². The van der Waals surface area contributed by atoms with E-state index in [1.807, 2.05) is 19.1 Å². The van der Waals surface area contributed by atoms with Crippen LogP contribution in [0.2, 0.25) is 0 Å². The summed E-state index contributed by atoms with van der Waals surface area (Å²) in [5.41, 5.74) is 1.85. The Morgan fingerprint density at radius 1 is 0.880 bits per heavy atom. The Bertz CT molecular complexity index is 1050. The highest BCUT2D eigenvalue weighted by atomic mass is 19.1. The molecule has 0 unspecified atom stereocenters. The highest BCUT2D eigenvalue weighted by molar-refractivity contribution is 5.90. The fourth-order valence-electron chi connectivity index (χ4n) is 2.76. The largest absolute Gasteiger partial charge is 0.206 e. The fraction of sp³-hybridized carbons (Fsp3) is 0.136. The van der Waals surface area contributed by atoms with Crippen molar-refractivity contribution in [1.29, 1.82) is 5.26 Å². The van der Waals surface area contributed by atoms with Gasteiger partial charge < -0.3 is 0 Å². The highest BCUT2D eigenvalue weighted by Gasteiger charge is 2.08. The van der Waals surface area contributed by atoms with Crippen LogP contribution < -0.4 is 0 Å². The first-order valence-corrected chi connectivity index (χ1v) is 8.05. The van der Waals surface area contributed by atoms with E-state index in [2.05, 4.69) is 11.8 Å². The summed E-state index contributed by atoms with van der Waals surface area (Å²) in [4.78, 5) is 0. The van der Waals surface area contributed by atoms with Gasteiger partial charge in [0.05, 0.1) is 11.1 Å². The molecule has 0 atom stereocenters. The molecule has 3 aromatic rings. The van der Waals surface area contributed by atoms with Crippen LogP contribution in [0.4, 0.5) is 8.78 Å². The predicted octanol–water partition coefficient (Wildman–Crippen LogP) is 5.34. The summed E-state index contributed by atoms with van der Waals surface area (Å²) >= 11 is 0. The zero-order valence-electron chi connectivity index (χ0n) is 13.7. The molecule has 0 aliphatic heterocycles. The van der Waals surface area contributed by atoms with Crippen molar-refractivity contribution < 1.29 is 8.78 Å². The molecule has 3 heteroatoms. The summed E-state index contributed by atoms with van der Waals surface area (Å²) < 4.78 is 28.4. The first-order chi connectivity index (χ1) is 12.1. The number of rotatable bonds is 2. The number of benzene rings is 3. The summed E-state index contributed by atoms with van der Waals surface area (Å²) in [6, 6.07) is 15.0. The molecule has 0 aliphatic carbocycles. The van der Waals surface area contributed by atoms with E-state index in [1.54, 1.807) is 30.3 Å². The van der Waals surface area contributed by atoms with Gasteiger partial charge >= 0.3 is 0 Å². The second-order valence-electron chi connectivity index (χ2n) is 5.75. The smallest absolute Gasteiger partial charge is 0.148 e. The molecular weight excluding hydrogens is 316 g/mol. The first-order valence-electron chi connectivity index (χ1n) is 8.05. The average Bonchev–Trinajstić information content (AvgIpc) is 2.62. The summed E-state index contributed by atoms with van der Waals surface area (Å²) in [5, 5.41) is 9.87. The lowest BCUT2D eigenvalue weighted by atomic mass is 10.0. The molecule has 0 saturated carbocycles. The van der Waals surface area contributed by atoms with Gasteiger partial charge in [-0.05, 0) is 36.2 Å². The standard InChI is InChI=1S/C22H15F2N/c1-2-4-15-7-8-17(21(23)13-15)10-9-16-5-3-6-20-19(16)12-11-18(14-25)22(20)24/h3,5-8,11-13H,2,4H2,1H3. The molecule has 1 nitrogen and oxygen atoms in total. The molecule has 0 spiro atoms. The predicted molar refractivity (Wildman–Crippen MR) is 95.0 cm³/mol. The molecule has 0 aliphatic rings. The van der Waals surface area contributed by atoms with Crippen molar-refractivity contribution in [1.82, 2.24) is 0 Å². The van der Waals surface area contributed by atoms with Crippen LogP contribution in [-0.4, -0.2) is 0 Å². The van der Waals surface area contributed by atoms with Gasteiger partial charge in [-0.25, -0.2) is 8.78 Å². The van der Waals surface area contributed by atoms with Crippen molar-refractivity contribution in [3.63, 3.8) is 0 Å². The second-order valence-corrected chi connectivity index (χ2v) is 5.75. The normalized spacial score (nSPS) is 10.2. The lowest BCUT2D eigenvalue weighted by Crippen LogP contribution is -1.90. The minimum Gasteiger partial charge on any atom is -0.206 e. The van der Waals surface area contributed by atoms with Crippen molar-refractivity contribution >= 4 is 10.8 Å². The average molecular weight is 331 g/mol. The van der Waals surface area contributed by atoms with Crippen LogP contribution in [0, 0.1) is 34.8 Å². The van der Waals surface area contributed by atoms with E-state index in [4.69, 9.17) is 5.26 Å². The monoisotopic (exact) mass is 331 g/mol. The number of fused-ring (bicyclic) bond motifs is 1. The van der Waals surface area contributed by atoms with Crippen LogP contribution in [0.5, 0.6) is 0 Å². The van der Waals surface area contributed by atoms with Gasteiger partial charge in [-0.15, -0.1) is 0 Å². The molecule has 0 heterocycles. The lowest BCUT2D eigenvalue weighted by molar-refractivity contribution is 0.621. The molecule has 3 aromatic carbocycles. The Morgan fingerprint density at radius 2 is 1.64 bits per heavy atom. The molecule has 122 valence electrons. The van der Waals surface area contributed by atoms with E-state index >= 15 is 0 Å². The Hall–Kier alpha value is -3.17. The number of hydrogen-bond donors (Lipinski definition) is 0. The third-order valence-electron chi connectivity index (χ3n) is 4.02. The Kier molecular flexibility index (Phi) is 4.78. The zero-order chi connectivity index (χ0) is 17.8. The van der Waals surface area contributed by atoms with E-state index in [9.17, 15) is 8.78 Å². The van der Waals surface area contributed by atoms with Crippen LogP contribution >= 0.6 is 0 Å². The number of nitriles is 1. The van der Waals surface area contributed by atoms with Crippen molar-refractivity contribution in [3.05, 3.63) is 82.4 Å². The van der Waals surface area contributed by atoms with Gasteiger partial charge in [-0.3, -0.25) is 0 Å². The number of aryl methyl sites for hydroxylation is 1. The second kappa shape index (κ2) is 7.16. The Balaban J connectivity index is 2.04. The maximum absolute atomic E-state index is 14.3. The van der Waals surface area contributed by atoms with Crippen LogP contribution in [0.25, 0.3) is 10.8 Å². The minimum absolute atomic E-state index is 0.00448. The molecule has 0 N–H and O–H groups in total. The molecule has 0 fully saturated rings. The van der Waals surface area contributed by atoms with Crippen molar-refractivity contribution in [3.8, 4) is 17.9 Å². The summed E-state index contributed by atoms with van der Waals surface area (Å²) in [6.45, 7) is 2.04. The highest BCUT2D eigenvalue weighted by Crippen LogP contribution is 2.23. The van der Waals surface area contributed by atoms with E-state index < -0.39 is 5.82 Å². The first kappa shape index (κ1) is 16.7. The molecule has 3 rings (SSSR count). The molecule has 25 heavy (non-hydrogen) atoms. The summed E-state index contributed by atoms with van der Waals surface area (Å²) in [5.74, 6) is 4.84. The van der Waals surface area contributed by atoms with Gasteiger partial charge in [0.2, 0.25) is 0 Å². The fourth-order valence-corrected chi connectivity index (χ4v) is 2.76. The maximum Gasteiger partial charge on any atom is 0.148 e. The van der Waals surface area contributed by atoms with Crippen molar-refractivity contribution in [2.24, 2.45) is 0 Å². The van der Waals surface area contributed by atoms with Crippen LogP contribution in [0.1, 0.15) is 35.6 Å². The molecule has 0 aromatic heterocycles. The third-order valence-corrected chi connectivity index (χ3v) is 4.02. The Morgan fingerprint density at radius 3 is 2.36 bits per heavy atom. The van der Waals surface area contributed by atoms with Gasteiger partial charge in [-0.2, -0.15) is 5.26 Å². The minimum atomic E-state index is -0.557. The van der Waals surface area contributed by atoms with Crippen molar-refractivity contribution in [2.75, 3.05) is 0 Å². The Labute approximate surface area is 145 Å². The number of nitrogens with zero attached hydrogens (tertiary/aromatic N) is 1. The molecule has 0 bridgehead atoms. The van der Waals surface area contributed by atoms with E-state index in [1.165, 1.54) is 12.1 Å². The van der Waals surface area contributed by atoms with Crippen LogP contribution in [0.15, 0.2) is 48.5 Å². The SMILES string of the molecule is CCCc1ccc(C#Cc2cccc3c(F)c(C#N)ccc23)c(F)c1. The quantitative estimate of drug-likeness (QED) is 0.581. The molecular formula is C22H15F2N. The topological polar surface area (TPSA) is 23.8 Å². The number of hydrogen-bond acceptors (Lipinski definition) is 1. The van der Waals surface area contributed by atoms with Gasteiger partial charge in [0, 0.05) is 16.3 Å². The third kappa shape index (κ3) is 3.37.